The van der Waals surface area contributed by atoms with Crippen molar-refractivity contribution >= 4 is 0 Å². The van der Waals surface area contributed by atoms with Crippen LogP contribution in [0.3, 0.4) is 0 Å². The van der Waals surface area contributed by atoms with Crippen molar-refractivity contribution in [3.05, 3.63) is 29.3 Å². The van der Waals surface area contributed by atoms with Crippen LogP contribution in [0.15, 0.2) is 18.2 Å². The van der Waals surface area contributed by atoms with E-state index in [0.29, 0.717) is 0 Å². The van der Waals surface area contributed by atoms with Gasteiger partial charge in [0, 0.05) is 6.04 Å². The second kappa shape index (κ2) is 4.34. The van der Waals surface area contributed by atoms with Crippen molar-refractivity contribution in [1.82, 2.24) is 4.90 Å². The minimum atomic E-state index is 0.753. The number of likely N-dealkylation sites (tertiary alicyclic amines) is 1. The summed E-state index contributed by atoms with van der Waals surface area (Å²) in [6.45, 7) is 1.26. The molecule has 2 aliphatic rings. The molecule has 0 unspecified atom stereocenters. The molecule has 1 heterocycles. The molecule has 1 fully saturated rings. The lowest BCUT2D eigenvalue weighted by Gasteiger charge is -2.43. The minimum absolute atomic E-state index is 0.753. The van der Waals surface area contributed by atoms with Crippen LogP contribution in [0, 0.1) is 5.92 Å². The molecule has 3 rings (SSSR count). The van der Waals surface area contributed by atoms with Crippen molar-refractivity contribution in [2.24, 2.45) is 5.92 Å². The third kappa shape index (κ3) is 1.85. The third-order valence-corrected chi connectivity index (χ3v) is 4.54. The van der Waals surface area contributed by atoms with Crippen molar-refractivity contribution < 1.29 is 4.74 Å². The topological polar surface area (TPSA) is 12.5 Å². The number of ether oxygens (including phenoxy) is 1. The highest BCUT2D eigenvalue weighted by Gasteiger charge is 2.34. The highest BCUT2D eigenvalue weighted by Crippen LogP contribution is 2.37. The molecule has 0 spiro atoms. The van der Waals surface area contributed by atoms with Gasteiger partial charge >= 0.3 is 0 Å². The molecular formula is C15H21NO. The number of benzene rings is 1. The number of nitrogens with zero attached hydrogens (tertiary/aromatic N) is 1. The monoisotopic (exact) mass is 231 g/mol. The van der Waals surface area contributed by atoms with E-state index < -0.39 is 0 Å². The highest BCUT2D eigenvalue weighted by atomic mass is 16.5. The minimum Gasteiger partial charge on any atom is -0.496 e. The molecule has 1 aliphatic carbocycles. The molecule has 17 heavy (non-hydrogen) atoms. The lowest BCUT2D eigenvalue weighted by Crippen LogP contribution is -2.47. The van der Waals surface area contributed by atoms with Gasteiger partial charge in [-0.1, -0.05) is 12.1 Å². The van der Waals surface area contributed by atoms with Crippen molar-refractivity contribution in [1.29, 1.82) is 0 Å². The largest absolute Gasteiger partial charge is 0.496 e. The van der Waals surface area contributed by atoms with Crippen LogP contribution >= 0.6 is 0 Å². The quantitative estimate of drug-likeness (QED) is 0.736. The number of piperidine rings is 1. The molecular weight excluding hydrogens is 210 g/mol. The Balaban J connectivity index is 1.95. The first-order valence-corrected chi connectivity index (χ1v) is 6.64. The van der Waals surface area contributed by atoms with Gasteiger partial charge in [-0.3, -0.25) is 0 Å². The number of rotatable bonds is 1. The van der Waals surface area contributed by atoms with Crippen molar-refractivity contribution in [3.63, 3.8) is 0 Å². The molecule has 1 aromatic rings. The SMILES string of the molecule is COc1cccc2c1C[C@@H]1CCCN(C)[C@H]1C2. The summed E-state index contributed by atoms with van der Waals surface area (Å²) >= 11 is 0. The van der Waals surface area contributed by atoms with Gasteiger partial charge in [0.05, 0.1) is 7.11 Å². The number of methoxy groups -OCH3 is 1. The Morgan fingerprint density at radius 3 is 3.00 bits per heavy atom. The number of hydrogen-bond donors (Lipinski definition) is 0. The molecule has 0 saturated carbocycles. The zero-order valence-corrected chi connectivity index (χ0v) is 10.8. The summed E-state index contributed by atoms with van der Waals surface area (Å²) in [5.74, 6) is 1.92. The van der Waals surface area contributed by atoms with Crippen LogP contribution in [-0.2, 0) is 12.8 Å². The number of fused-ring (bicyclic) bond motifs is 2. The van der Waals surface area contributed by atoms with E-state index in [1.165, 1.54) is 43.4 Å². The van der Waals surface area contributed by atoms with Crippen LogP contribution in [0.2, 0.25) is 0 Å². The average molecular weight is 231 g/mol. The highest BCUT2D eigenvalue weighted by molar-refractivity contribution is 5.43. The fourth-order valence-electron chi connectivity index (χ4n) is 3.59. The molecule has 2 nitrogen and oxygen atoms in total. The molecule has 0 amide bonds. The standard InChI is InChI=1S/C15H21NO/c1-16-8-4-6-12-9-13-11(10-14(12)16)5-3-7-15(13)17-2/h3,5,7,12,14H,4,6,8-10H2,1-2H3/t12-,14-/m0/s1. The Bertz CT molecular complexity index is 415. The van der Waals surface area contributed by atoms with Gasteiger partial charge in [0.25, 0.3) is 0 Å². The predicted octanol–water partition coefficient (Wildman–Crippen LogP) is 2.50. The molecule has 1 saturated heterocycles. The van der Waals surface area contributed by atoms with E-state index in [9.17, 15) is 0 Å². The predicted molar refractivity (Wildman–Crippen MR) is 69.5 cm³/mol. The first-order chi connectivity index (χ1) is 8.29. The molecule has 0 aromatic heterocycles. The second-order valence-corrected chi connectivity index (χ2v) is 5.46. The maximum atomic E-state index is 5.51. The Hall–Kier alpha value is -1.02. The summed E-state index contributed by atoms with van der Waals surface area (Å²) in [6, 6.07) is 7.26. The Labute approximate surface area is 104 Å². The summed E-state index contributed by atoms with van der Waals surface area (Å²) in [5.41, 5.74) is 2.96. The molecule has 1 aromatic carbocycles. The fraction of sp³-hybridized carbons (Fsp3) is 0.600. The molecule has 2 heteroatoms. The Morgan fingerprint density at radius 2 is 2.18 bits per heavy atom. The van der Waals surface area contributed by atoms with Crippen LogP contribution in [0.4, 0.5) is 0 Å². The Kier molecular flexibility index (Phi) is 2.83. The van der Waals surface area contributed by atoms with Gasteiger partial charge in [-0.25, -0.2) is 0 Å². The van der Waals surface area contributed by atoms with E-state index in [4.69, 9.17) is 4.74 Å². The molecule has 0 N–H and O–H groups in total. The van der Waals surface area contributed by atoms with E-state index in [1.54, 1.807) is 7.11 Å². The zero-order chi connectivity index (χ0) is 11.8. The van der Waals surface area contributed by atoms with Gasteiger partial charge in [-0.15, -0.1) is 0 Å². The summed E-state index contributed by atoms with van der Waals surface area (Å²) in [5, 5.41) is 0. The molecule has 0 bridgehead atoms. The molecule has 0 radical (unpaired) electrons. The molecule has 1 aliphatic heterocycles. The maximum absolute atomic E-state index is 5.51. The van der Waals surface area contributed by atoms with E-state index >= 15 is 0 Å². The van der Waals surface area contributed by atoms with Crippen LogP contribution in [0.25, 0.3) is 0 Å². The smallest absolute Gasteiger partial charge is 0.122 e. The summed E-state index contributed by atoms with van der Waals surface area (Å²) in [7, 11) is 4.07. The van der Waals surface area contributed by atoms with Crippen LogP contribution in [0.5, 0.6) is 5.75 Å². The van der Waals surface area contributed by atoms with Gasteiger partial charge < -0.3 is 9.64 Å². The van der Waals surface area contributed by atoms with Crippen LogP contribution < -0.4 is 4.74 Å². The van der Waals surface area contributed by atoms with Crippen molar-refractivity contribution in [2.45, 2.75) is 31.7 Å². The van der Waals surface area contributed by atoms with Gasteiger partial charge in [-0.05, 0) is 62.4 Å². The van der Waals surface area contributed by atoms with E-state index in [2.05, 4.69) is 30.1 Å². The van der Waals surface area contributed by atoms with Gasteiger partial charge in [-0.2, -0.15) is 0 Å². The van der Waals surface area contributed by atoms with E-state index in [-0.39, 0.29) is 0 Å². The lowest BCUT2D eigenvalue weighted by molar-refractivity contribution is 0.111. The van der Waals surface area contributed by atoms with Gasteiger partial charge in [0.1, 0.15) is 5.75 Å². The lowest BCUT2D eigenvalue weighted by atomic mass is 9.75. The first kappa shape index (κ1) is 11.1. The van der Waals surface area contributed by atoms with Crippen LogP contribution in [-0.4, -0.2) is 31.6 Å². The van der Waals surface area contributed by atoms with Crippen LogP contribution in [0.1, 0.15) is 24.0 Å². The Morgan fingerprint density at radius 1 is 1.29 bits per heavy atom. The average Bonchev–Trinajstić information content (AvgIpc) is 2.36. The van der Waals surface area contributed by atoms with Crippen molar-refractivity contribution in [3.8, 4) is 5.75 Å². The normalized spacial score (nSPS) is 28.4. The van der Waals surface area contributed by atoms with Crippen molar-refractivity contribution in [2.75, 3.05) is 20.7 Å². The summed E-state index contributed by atoms with van der Waals surface area (Å²) < 4.78 is 5.51. The summed E-state index contributed by atoms with van der Waals surface area (Å²) in [4.78, 5) is 2.55. The maximum Gasteiger partial charge on any atom is 0.122 e. The zero-order valence-electron chi connectivity index (χ0n) is 10.8. The van der Waals surface area contributed by atoms with Gasteiger partial charge in [0.15, 0.2) is 0 Å². The summed E-state index contributed by atoms with van der Waals surface area (Å²) in [6.07, 6.45) is 5.14. The van der Waals surface area contributed by atoms with E-state index in [0.717, 1.165) is 17.7 Å². The van der Waals surface area contributed by atoms with Gasteiger partial charge in [0.2, 0.25) is 0 Å². The number of likely N-dealkylation sites (N-methyl/N-ethyl adjacent to an activating group) is 1. The second-order valence-electron chi connectivity index (χ2n) is 5.46. The molecule has 2 atom stereocenters. The third-order valence-electron chi connectivity index (χ3n) is 4.54. The molecule has 92 valence electrons. The number of hydrogen-bond acceptors (Lipinski definition) is 2. The first-order valence-electron chi connectivity index (χ1n) is 6.64. The fourth-order valence-corrected chi connectivity index (χ4v) is 3.59. The van der Waals surface area contributed by atoms with E-state index in [1.807, 2.05) is 0 Å².